The van der Waals surface area contributed by atoms with Gasteiger partial charge in [-0.1, -0.05) is 29.8 Å². The standard InChI is InChI=1S/C19H16BrClN4O2/c1-11-10-22-19(25-17(11)23-12-6-4-3-5-7-12)24-13-8-14(18(26)27-2)16(20)15(21)9-13/h3-10H,1-2H3,(H2,22,23,24,25). The van der Waals surface area contributed by atoms with Gasteiger partial charge in [0.15, 0.2) is 0 Å². The molecule has 1 aromatic heterocycles. The molecule has 0 saturated carbocycles. The molecule has 138 valence electrons. The largest absolute Gasteiger partial charge is 0.465 e. The van der Waals surface area contributed by atoms with E-state index in [0.717, 1.165) is 11.3 Å². The third-order valence-electron chi connectivity index (χ3n) is 3.70. The first-order chi connectivity index (χ1) is 13.0. The van der Waals surface area contributed by atoms with E-state index in [4.69, 9.17) is 16.3 Å². The van der Waals surface area contributed by atoms with Gasteiger partial charge in [-0.2, -0.15) is 4.98 Å². The first-order valence-electron chi connectivity index (χ1n) is 7.98. The first kappa shape index (κ1) is 19.1. The fraction of sp³-hybridized carbons (Fsp3) is 0.105. The van der Waals surface area contributed by atoms with Crippen LogP contribution in [0.3, 0.4) is 0 Å². The fourth-order valence-electron chi connectivity index (χ4n) is 2.34. The summed E-state index contributed by atoms with van der Waals surface area (Å²) in [5.41, 5.74) is 2.69. The minimum Gasteiger partial charge on any atom is -0.465 e. The normalized spacial score (nSPS) is 10.4. The van der Waals surface area contributed by atoms with Crippen LogP contribution in [0.15, 0.2) is 53.1 Å². The molecule has 0 spiro atoms. The van der Waals surface area contributed by atoms with Crippen molar-refractivity contribution in [3.05, 3.63) is 69.3 Å². The van der Waals surface area contributed by atoms with Crippen LogP contribution in [-0.2, 0) is 4.74 Å². The average Bonchev–Trinajstić information content (AvgIpc) is 2.67. The molecule has 0 fully saturated rings. The number of carbonyl (C=O) groups excluding carboxylic acids is 1. The minimum atomic E-state index is -0.497. The van der Waals surface area contributed by atoms with E-state index in [2.05, 4.69) is 36.5 Å². The zero-order valence-electron chi connectivity index (χ0n) is 14.6. The monoisotopic (exact) mass is 446 g/mol. The van der Waals surface area contributed by atoms with E-state index in [-0.39, 0.29) is 0 Å². The van der Waals surface area contributed by atoms with E-state index in [9.17, 15) is 4.79 Å². The van der Waals surface area contributed by atoms with Crippen LogP contribution in [0, 0.1) is 6.92 Å². The van der Waals surface area contributed by atoms with Crippen LogP contribution < -0.4 is 10.6 Å². The number of ether oxygens (including phenoxy) is 1. The number of para-hydroxylation sites is 1. The predicted molar refractivity (Wildman–Crippen MR) is 110 cm³/mol. The van der Waals surface area contributed by atoms with Gasteiger partial charge in [-0.05, 0) is 47.1 Å². The molecule has 2 N–H and O–H groups in total. The van der Waals surface area contributed by atoms with Crippen molar-refractivity contribution in [3.63, 3.8) is 0 Å². The van der Waals surface area contributed by atoms with Crippen molar-refractivity contribution in [2.24, 2.45) is 0 Å². The molecule has 1 heterocycles. The number of rotatable bonds is 5. The van der Waals surface area contributed by atoms with E-state index in [1.54, 1.807) is 18.3 Å². The van der Waals surface area contributed by atoms with Gasteiger partial charge in [0.1, 0.15) is 5.82 Å². The molecule has 0 radical (unpaired) electrons. The van der Waals surface area contributed by atoms with Gasteiger partial charge in [0, 0.05) is 23.1 Å². The summed E-state index contributed by atoms with van der Waals surface area (Å²) in [6.07, 6.45) is 1.71. The molecular formula is C19H16BrClN4O2. The molecular weight excluding hydrogens is 432 g/mol. The maximum absolute atomic E-state index is 11.9. The second-order valence-electron chi connectivity index (χ2n) is 5.65. The molecule has 0 unspecified atom stereocenters. The van der Waals surface area contributed by atoms with Gasteiger partial charge in [0.05, 0.1) is 22.2 Å². The summed E-state index contributed by atoms with van der Waals surface area (Å²) in [6, 6.07) is 13.0. The van der Waals surface area contributed by atoms with Crippen LogP contribution in [0.5, 0.6) is 0 Å². The van der Waals surface area contributed by atoms with Crippen molar-refractivity contribution >= 4 is 56.6 Å². The number of nitrogens with one attached hydrogen (secondary N) is 2. The predicted octanol–water partition coefficient (Wildman–Crippen LogP) is 5.47. The van der Waals surface area contributed by atoms with Gasteiger partial charge in [-0.25, -0.2) is 9.78 Å². The van der Waals surface area contributed by atoms with E-state index >= 15 is 0 Å². The lowest BCUT2D eigenvalue weighted by Crippen LogP contribution is -2.06. The van der Waals surface area contributed by atoms with Crippen molar-refractivity contribution in [3.8, 4) is 0 Å². The number of aromatic nitrogens is 2. The van der Waals surface area contributed by atoms with E-state index in [0.29, 0.717) is 32.5 Å². The van der Waals surface area contributed by atoms with Crippen LogP contribution >= 0.6 is 27.5 Å². The molecule has 0 bridgehead atoms. The molecule has 6 nitrogen and oxygen atoms in total. The van der Waals surface area contributed by atoms with Crippen molar-refractivity contribution in [1.82, 2.24) is 9.97 Å². The highest BCUT2D eigenvalue weighted by atomic mass is 79.9. The molecule has 2 aromatic carbocycles. The maximum Gasteiger partial charge on any atom is 0.339 e. The lowest BCUT2D eigenvalue weighted by Gasteiger charge is -2.12. The third kappa shape index (κ3) is 4.56. The number of methoxy groups -OCH3 is 1. The Labute approximate surface area is 170 Å². The Hall–Kier alpha value is -2.64. The summed E-state index contributed by atoms with van der Waals surface area (Å²) in [6.45, 7) is 1.92. The molecule has 0 saturated heterocycles. The number of hydrogen-bond donors (Lipinski definition) is 2. The number of hydrogen-bond acceptors (Lipinski definition) is 6. The van der Waals surface area contributed by atoms with Gasteiger partial charge in [0.25, 0.3) is 0 Å². The van der Waals surface area contributed by atoms with Crippen LogP contribution in [0.1, 0.15) is 15.9 Å². The highest BCUT2D eigenvalue weighted by Crippen LogP contribution is 2.32. The Balaban J connectivity index is 1.89. The second kappa shape index (κ2) is 8.37. The highest BCUT2D eigenvalue weighted by Gasteiger charge is 2.15. The summed E-state index contributed by atoms with van der Waals surface area (Å²) in [7, 11) is 1.31. The number of benzene rings is 2. The van der Waals surface area contributed by atoms with Crippen molar-refractivity contribution in [2.75, 3.05) is 17.7 Å². The number of carbonyl (C=O) groups is 1. The summed E-state index contributed by atoms with van der Waals surface area (Å²) in [5.74, 6) is 0.548. The molecule has 3 aromatic rings. The van der Waals surface area contributed by atoms with E-state index < -0.39 is 5.97 Å². The number of nitrogens with zero attached hydrogens (tertiary/aromatic N) is 2. The summed E-state index contributed by atoms with van der Waals surface area (Å²) < 4.78 is 5.25. The summed E-state index contributed by atoms with van der Waals surface area (Å²) >= 11 is 9.50. The molecule has 3 rings (SSSR count). The average molecular weight is 448 g/mol. The Morgan fingerprint density at radius 1 is 1.15 bits per heavy atom. The Bertz CT molecular complexity index is 983. The van der Waals surface area contributed by atoms with Gasteiger partial charge in [-0.3, -0.25) is 0 Å². The smallest absolute Gasteiger partial charge is 0.339 e. The summed E-state index contributed by atoms with van der Waals surface area (Å²) in [5, 5.41) is 6.70. The van der Waals surface area contributed by atoms with Crippen molar-refractivity contribution in [1.29, 1.82) is 0 Å². The zero-order chi connectivity index (χ0) is 19.4. The molecule has 0 aliphatic heterocycles. The van der Waals surface area contributed by atoms with Gasteiger partial charge in [0.2, 0.25) is 5.95 Å². The van der Waals surface area contributed by atoms with Crippen LogP contribution in [0.25, 0.3) is 0 Å². The molecule has 0 aliphatic carbocycles. The Morgan fingerprint density at radius 2 is 1.89 bits per heavy atom. The van der Waals surface area contributed by atoms with Gasteiger partial charge >= 0.3 is 5.97 Å². The quantitative estimate of drug-likeness (QED) is 0.505. The lowest BCUT2D eigenvalue weighted by atomic mass is 10.2. The van der Waals surface area contributed by atoms with Crippen LogP contribution in [-0.4, -0.2) is 23.0 Å². The van der Waals surface area contributed by atoms with Gasteiger partial charge < -0.3 is 15.4 Å². The fourth-order valence-corrected chi connectivity index (χ4v) is 2.95. The number of anilines is 4. The summed E-state index contributed by atoms with van der Waals surface area (Å²) in [4.78, 5) is 20.7. The van der Waals surface area contributed by atoms with E-state index in [1.807, 2.05) is 37.3 Å². The van der Waals surface area contributed by atoms with Crippen molar-refractivity contribution in [2.45, 2.75) is 6.92 Å². The van der Waals surface area contributed by atoms with Crippen molar-refractivity contribution < 1.29 is 9.53 Å². The zero-order valence-corrected chi connectivity index (χ0v) is 16.9. The number of esters is 1. The lowest BCUT2D eigenvalue weighted by molar-refractivity contribution is 0.0599. The Kier molecular flexibility index (Phi) is 5.93. The van der Waals surface area contributed by atoms with Gasteiger partial charge in [-0.15, -0.1) is 0 Å². The SMILES string of the molecule is COC(=O)c1cc(Nc2ncc(C)c(Nc3ccccc3)n2)cc(Cl)c1Br. The van der Waals surface area contributed by atoms with Crippen LogP contribution in [0.4, 0.5) is 23.1 Å². The number of halogens is 2. The van der Waals surface area contributed by atoms with E-state index in [1.165, 1.54) is 7.11 Å². The van der Waals surface area contributed by atoms with Crippen LogP contribution in [0.2, 0.25) is 5.02 Å². The molecule has 8 heteroatoms. The topological polar surface area (TPSA) is 76.1 Å². The Morgan fingerprint density at radius 3 is 2.59 bits per heavy atom. The molecule has 0 atom stereocenters. The number of aryl methyl sites for hydroxylation is 1. The second-order valence-corrected chi connectivity index (χ2v) is 6.85. The molecule has 0 aliphatic rings. The highest BCUT2D eigenvalue weighted by molar-refractivity contribution is 9.10. The minimum absolute atomic E-state index is 0.308. The third-order valence-corrected chi connectivity index (χ3v) is 5.08. The molecule has 27 heavy (non-hydrogen) atoms. The first-order valence-corrected chi connectivity index (χ1v) is 9.15. The molecule has 0 amide bonds. The maximum atomic E-state index is 11.9.